The van der Waals surface area contributed by atoms with Crippen LogP contribution in [0, 0.1) is 0 Å². The molecule has 0 aliphatic heterocycles. The van der Waals surface area contributed by atoms with Crippen molar-refractivity contribution in [1.29, 1.82) is 0 Å². The van der Waals surface area contributed by atoms with E-state index in [4.69, 9.17) is 16.0 Å². The molecule has 0 aliphatic rings. The Kier molecular flexibility index (Phi) is 3.61. The number of nitrogens with zero attached hydrogens (tertiary/aromatic N) is 2. The second kappa shape index (κ2) is 5.72. The summed E-state index contributed by atoms with van der Waals surface area (Å²) in [6.07, 6.45) is 3.30. The van der Waals surface area contributed by atoms with Gasteiger partial charge in [0, 0.05) is 16.8 Å². The Morgan fingerprint density at radius 2 is 1.75 bits per heavy atom. The zero-order valence-electron chi connectivity index (χ0n) is 10.5. The molecule has 0 unspecified atom stereocenters. The summed E-state index contributed by atoms with van der Waals surface area (Å²) in [5, 5.41) is 0.694. The number of aromatic nitrogens is 1. The molecule has 4 heteroatoms. The third-order valence-corrected chi connectivity index (χ3v) is 3.01. The standard InChI is InChI=1S/C16H11ClN2O/c17-14-8-6-13(7-9-14)15-11-20-16(19-15)18-10-12-4-2-1-3-5-12/h1-11H/b18-10+. The molecule has 20 heavy (non-hydrogen) atoms. The molecule has 0 saturated carbocycles. The van der Waals surface area contributed by atoms with Gasteiger partial charge >= 0.3 is 6.01 Å². The van der Waals surface area contributed by atoms with Crippen LogP contribution >= 0.6 is 11.6 Å². The van der Waals surface area contributed by atoms with Crippen molar-refractivity contribution in [2.75, 3.05) is 0 Å². The van der Waals surface area contributed by atoms with Crippen LogP contribution < -0.4 is 0 Å². The van der Waals surface area contributed by atoms with E-state index in [1.807, 2.05) is 54.6 Å². The van der Waals surface area contributed by atoms with Crippen molar-refractivity contribution in [1.82, 2.24) is 4.98 Å². The fourth-order valence-corrected chi connectivity index (χ4v) is 1.87. The smallest absolute Gasteiger partial charge is 0.322 e. The van der Waals surface area contributed by atoms with Gasteiger partial charge in [-0.25, -0.2) is 4.99 Å². The Hall–Kier alpha value is -2.39. The van der Waals surface area contributed by atoms with Crippen molar-refractivity contribution in [2.24, 2.45) is 4.99 Å². The van der Waals surface area contributed by atoms with Gasteiger partial charge in [0.05, 0.1) is 0 Å². The van der Waals surface area contributed by atoms with Crippen molar-refractivity contribution in [3.8, 4) is 11.3 Å². The quantitative estimate of drug-likeness (QED) is 0.651. The highest BCUT2D eigenvalue weighted by molar-refractivity contribution is 6.30. The number of hydrogen-bond acceptors (Lipinski definition) is 3. The lowest BCUT2D eigenvalue weighted by molar-refractivity contribution is 0.570. The van der Waals surface area contributed by atoms with E-state index in [9.17, 15) is 0 Å². The van der Waals surface area contributed by atoms with Gasteiger partial charge in [-0.15, -0.1) is 0 Å². The first-order valence-electron chi connectivity index (χ1n) is 6.12. The first-order valence-corrected chi connectivity index (χ1v) is 6.50. The van der Waals surface area contributed by atoms with Gasteiger partial charge in [0.2, 0.25) is 0 Å². The normalized spacial score (nSPS) is 11.1. The van der Waals surface area contributed by atoms with E-state index >= 15 is 0 Å². The van der Waals surface area contributed by atoms with E-state index in [0.29, 0.717) is 11.0 Å². The molecule has 3 nitrogen and oxygen atoms in total. The monoisotopic (exact) mass is 282 g/mol. The highest BCUT2D eigenvalue weighted by atomic mass is 35.5. The fourth-order valence-electron chi connectivity index (χ4n) is 1.75. The molecule has 0 N–H and O–H groups in total. The van der Waals surface area contributed by atoms with Crippen LogP contribution in [0.5, 0.6) is 0 Å². The minimum atomic E-state index is 0.332. The SMILES string of the molecule is Clc1ccc(-c2coc(/N=C/c3ccccc3)n2)cc1. The number of benzene rings is 2. The molecule has 0 spiro atoms. The van der Waals surface area contributed by atoms with Crippen molar-refractivity contribution in [3.05, 3.63) is 71.4 Å². The van der Waals surface area contributed by atoms with Crippen LogP contribution in [0.25, 0.3) is 11.3 Å². The first kappa shape index (κ1) is 12.6. The predicted octanol–water partition coefficient (Wildman–Crippen LogP) is 4.75. The van der Waals surface area contributed by atoms with Crippen molar-refractivity contribution < 1.29 is 4.42 Å². The summed E-state index contributed by atoms with van der Waals surface area (Å²) in [4.78, 5) is 8.53. The molecule has 1 heterocycles. The molecular weight excluding hydrogens is 272 g/mol. The van der Waals surface area contributed by atoms with Crippen LogP contribution in [0.2, 0.25) is 5.02 Å². The minimum Gasteiger partial charge on any atom is -0.430 e. The maximum Gasteiger partial charge on any atom is 0.322 e. The average Bonchev–Trinajstić information content (AvgIpc) is 2.96. The third-order valence-electron chi connectivity index (χ3n) is 2.76. The van der Waals surface area contributed by atoms with Crippen LogP contribution in [0.15, 0.2) is 70.3 Å². The van der Waals surface area contributed by atoms with Gasteiger partial charge in [0.1, 0.15) is 12.0 Å². The van der Waals surface area contributed by atoms with Crippen LogP contribution in [-0.4, -0.2) is 11.2 Å². The topological polar surface area (TPSA) is 38.4 Å². The molecule has 0 fully saturated rings. The molecule has 0 bridgehead atoms. The molecule has 0 amide bonds. The molecule has 0 saturated heterocycles. The average molecular weight is 283 g/mol. The summed E-state index contributed by atoms with van der Waals surface area (Å²) in [5.74, 6) is 0. The van der Waals surface area contributed by atoms with Crippen LogP contribution in [0.1, 0.15) is 5.56 Å². The summed E-state index contributed by atoms with van der Waals surface area (Å²) in [6.45, 7) is 0. The highest BCUT2D eigenvalue weighted by Gasteiger charge is 2.04. The van der Waals surface area contributed by atoms with Gasteiger partial charge in [-0.05, 0) is 17.7 Å². The van der Waals surface area contributed by atoms with Crippen LogP contribution in [-0.2, 0) is 0 Å². The lowest BCUT2D eigenvalue weighted by Crippen LogP contribution is -1.78. The Morgan fingerprint density at radius 1 is 1.00 bits per heavy atom. The molecule has 0 radical (unpaired) electrons. The second-order valence-electron chi connectivity index (χ2n) is 4.19. The number of hydrogen-bond donors (Lipinski definition) is 0. The van der Waals surface area contributed by atoms with E-state index in [2.05, 4.69) is 9.98 Å². The second-order valence-corrected chi connectivity index (χ2v) is 4.63. The predicted molar refractivity (Wildman–Crippen MR) is 80.6 cm³/mol. The van der Waals surface area contributed by atoms with Crippen molar-refractivity contribution in [3.63, 3.8) is 0 Å². The van der Waals surface area contributed by atoms with E-state index in [1.165, 1.54) is 0 Å². The Bertz CT molecular complexity index is 718. The summed E-state index contributed by atoms with van der Waals surface area (Å²) in [6, 6.07) is 17.6. The number of rotatable bonds is 3. The fraction of sp³-hybridized carbons (Fsp3) is 0. The van der Waals surface area contributed by atoms with Crippen molar-refractivity contribution >= 4 is 23.8 Å². The Morgan fingerprint density at radius 3 is 2.50 bits per heavy atom. The van der Waals surface area contributed by atoms with Crippen LogP contribution in [0.3, 0.4) is 0 Å². The van der Waals surface area contributed by atoms with Gasteiger partial charge in [-0.3, -0.25) is 0 Å². The van der Waals surface area contributed by atoms with E-state index in [1.54, 1.807) is 12.5 Å². The Balaban J connectivity index is 1.80. The lowest BCUT2D eigenvalue weighted by atomic mass is 10.2. The van der Waals surface area contributed by atoms with Gasteiger partial charge < -0.3 is 4.42 Å². The Labute approximate surface area is 121 Å². The number of aliphatic imine (C=N–C) groups is 1. The zero-order chi connectivity index (χ0) is 13.8. The van der Waals surface area contributed by atoms with Crippen LogP contribution in [0.4, 0.5) is 6.01 Å². The van der Waals surface area contributed by atoms with E-state index in [0.717, 1.165) is 16.8 Å². The van der Waals surface area contributed by atoms with Gasteiger partial charge in [0.15, 0.2) is 0 Å². The summed E-state index contributed by atoms with van der Waals surface area (Å²) >= 11 is 5.85. The first-order chi connectivity index (χ1) is 9.81. The van der Waals surface area contributed by atoms with E-state index < -0.39 is 0 Å². The van der Waals surface area contributed by atoms with Crippen molar-refractivity contribution in [2.45, 2.75) is 0 Å². The highest BCUT2D eigenvalue weighted by Crippen LogP contribution is 2.23. The molecule has 98 valence electrons. The molecule has 0 aliphatic carbocycles. The molecule has 3 rings (SSSR count). The number of halogens is 1. The molecule has 0 atom stereocenters. The molecular formula is C16H11ClN2O. The maximum atomic E-state index is 5.85. The maximum absolute atomic E-state index is 5.85. The van der Waals surface area contributed by atoms with Gasteiger partial charge in [-0.1, -0.05) is 54.1 Å². The zero-order valence-corrected chi connectivity index (χ0v) is 11.3. The third kappa shape index (κ3) is 2.95. The van der Waals surface area contributed by atoms with E-state index in [-0.39, 0.29) is 0 Å². The van der Waals surface area contributed by atoms with Gasteiger partial charge in [-0.2, -0.15) is 4.98 Å². The number of oxazole rings is 1. The summed E-state index contributed by atoms with van der Waals surface area (Å²) in [5.41, 5.74) is 2.68. The molecule has 1 aromatic heterocycles. The largest absolute Gasteiger partial charge is 0.430 e. The molecule has 2 aromatic carbocycles. The van der Waals surface area contributed by atoms with Gasteiger partial charge in [0.25, 0.3) is 0 Å². The summed E-state index contributed by atoms with van der Waals surface area (Å²) < 4.78 is 5.33. The lowest BCUT2D eigenvalue weighted by Gasteiger charge is -1.94. The minimum absolute atomic E-state index is 0.332. The molecule has 3 aromatic rings. The summed E-state index contributed by atoms with van der Waals surface area (Å²) in [7, 11) is 0.